The Labute approximate surface area is 217 Å². The smallest absolute Gasteiger partial charge is 0.138 e. The molecule has 10 nitrogen and oxygen atoms in total. The van der Waals surface area contributed by atoms with Crippen molar-refractivity contribution in [2.24, 2.45) is 5.73 Å². The average Bonchev–Trinajstić information content (AvgIpc) is 3.35. The first kappa shape index (κ1) is 25.4. The summed E-state index contributed by atoms with van der Waals surface area (Å²) >= 11 is 0. The third kappa shape index (κ3) is 5.86. The minimum absolute atomic E-state index is 0.303. The molecule has 2 saturated heterocycles. The predicted molar refractivity (Wildman–Crippen MR) is 141 cm³/mol. The molecule has 2 N–H and O–H groups in total. The molecule has 196 valence electrons. The van der Waals surface area contributed by atoms with E-state index in [-0.39, 0.29) is 5.54 Å². The highest BCUT2D eigenvalue weighted by Gasteiger charge is 2.31. The maximum atomic E-state index is 9.57. The lowest BCUT2D eigenvalue weighted by Crippen LogP contribution is -2.53. The summed E-state index contributed by atoms with van der Waals surface area (Å²) in [6.07, 6.45) is 6.94. The van der Waals surface area contributed by atoms with E-state index in [1.165, 1.54) is 0 Å². The quantitative estimate of drug-likeness (QED) is 0.438. The van der Waals surface area contributed by atoms with Gasteiger partial charge in [-0.15, -0.1) is 0 Å². The van der Waals surface area contributed by atoms with E-state index in [1.54, 1.807) is 16.9 Å². The van der Waals surface area contributed by atoms with E-state index in [4.69, 9.17) is 24.9 Å². The van der Waals surface area contributed by atoms with Gasteiger partial charge in [-0.3, -0.25) is 4.90 Å². The maximum absolute atomic E-state index is 9.57. The molecule has 0 amide bonds. The number of hydrogen-bond acceptors (Lipinski definition) is 9. The lowest BCUT2D eigenvalue weighted by Gasteiger charge is -2.39. The van der Waals surface area contributed by atoms with Crippen LogP contribution in [0.2, 0.25) is 0 Å². The number of nitriles is 1. The van der Waals surface area contributed by atoms with Gasteiger partial charge in [0.2, 0.25) is 0 Å². The second-order valence-corrected chi connectivity index (χ2v) is 9.75. The Morgan fingerprint density at radius 1 is 1.16 bits per heavy atom. The van der Waals surface area contributed by atoms with E-state index in [9.17, 15) is 5.26 Å². The summed E-state index contributed by atoms with van der Waals surface area (Å²) in [5, 5.41) is 13.9. The minimum atomic E-state index is -0.303. The van der Waals surface area contributed by atoms with Crippen molar-refractivity contribution in [1.82, 2.24) is 19.5 Å². The topological polar surface area (TPSA) is 114 Å². The summed E-state index contributed by atoms with van der Waals surface area (Å²) < 4.78 is 18.8. The van der Waals surface area contributed by atoms with Crippen molar-refractivity contribution >= 4 is 11.3 Å². The van der Waals surface area contributed by atoms with Crippen LogP contribution in [0.4, 0.5) is 5.82 Å². The molecule has 2 aliphatic heterocycles. The van der Waals surface area contributed by atoms with Crippen LogP contribution in [0.1, 0.15) is 25.3 Å². The maximum Gasteiger partial charge on any atom is 0.138 e. The Morgan fingerprint density at radius 3 is 2.68 bits per heavy atom. The van der Waals surface area contributed by atoms with Crippen LogP contribution in [0.5, 0.6) is 5.75 Å². The molecular weight excluding hydrogens is 470 g/mol. The molecule has 3 aromatic heterocycles. The Morgan fingerprint density at radius 2 is 1.97 bits per heavy atom. The molecule has 0 bridgehead atoms. The van der Waals surface area contributed by atoms with Gasteiger partial charge in [0.15, 0.2) is 0 Å². The second kappa shape index (κ2) is 11.4. The van der Waals surface area contributed by atoms with Crippen LogP contribution >= 0.6 is 0 Å². The first-order chi connectivity index (χ1) is 18.1. The van der Waals surface area contributed by atoms with Gasteiger partial charge in [-0.1, -0.05) is 0 Å². The molecule has 0 radical (unpaired) electrons. The third-order valence-electron chi connectivity index (χ3n) is 7.21. The van der Waals surface area contributed by atoms with Crippen molar-refractivity contribution in [2.45, 2.75) is 25.3 Å². The number of ether oxygens (including phenoxy) is 3. The summed E-state index contributed by atoms with van der Waals surface area (Å²) in [5.74, 6) is 1.62. The highest BCUT2D eigenvalue weighted by molar-refractivity contribution is 5.85. The Bertz CT molecular complexity index is 1220. The minimum Gasteiger partial charge on any atom is -0.492 e. The van der Waals surface area contributed by atoms with Gasteiger partial charge in [-0.2, -0.15) is 10.4 Å². The van der Waals surface area contributed by atoms with E-state index in [1.807, 2.05) is 31.3 Å². The lowest BCUT2D eigenvalue weighted by atomic mass is 9.89. The van der Waals surface area contributed by atoms with Gasteiger partial charge in [0.1, 0.15) is 17.6 Å². The molecule has 0 atom stereocenters. The van der Waals surface area contributed by atoms with Crippen LogP contribution in [0.3, 0.4) is 0 Å². The van der Waals surface area contributed by atoms with Gasteiger partial charge in [0, 0.05) is 55.6 Å². The lowest BCUT2D eigenvalue weighted by molar-refractivity contribution is 0.0112. The number of nitrogens with zero attached hydrogens (tertiary/aromatic N) is 6. The van der Waals surface area contributed by atoms with Crippen molar-refractivity contribution < 1.29 is 14.2 Å². The zero-order valence-corrected chi connectivity index (χ0v) is 21.4. The molecule has 0 aliphatic carbocycles. The van der Waals surface area contributed by atoms with E-state index >= 15 is 0 Å². The van der Waals surface area contributed by atoms with Gasteiger partial charge >= 0.3 is 0 Å². The van der Waals surface area contributed by atoms with Crippen LogP contribution < -0.4 is 15.4 Å². The molecule has 0 aromatic carbocycles. The van der Waals surface area contributed by atoms with Gasteiger partial charge in [0.05, 0.1) is 56.5 Å². The van der Waals surface area contributed by atoms with Gasteiger partial charge < -0.3 is 24.8 Å². The molecule has 5 rings (SSSR count). The molecule has 2 fully saturated rings. The van der Waals surface area contributed by atoms with Gasteiger partial charge in [-0.25, -0.2) is 9.50 Å². The molecule has 2 aliphatic rings. The van der Waals surface area contributed by atoms with E-state index < -0.39 is 0 Å². The summed E-state index contributed by atoms with van der Waals surface area (Å²) in [5.41, 5.74) is 9.42. The number of rotatable bonds is 9. The summed E-state index contributed by atoms with van der Waals surface area (Å²) in [4.78, 5) is 9.40. The van der Waals surface area contributed by atoms with Crippen molar-refractivity contribution in [3.63, 3.8) is 0 Å². The Hall–Kier alpha value is -3.23. The average molecular weight is 506 g/mol. The standard InChI is InChI=1S/C27H35N7O3/c1-2-37-23-15-24(26-22(16-28)18-31-34(26)19-23)21-3-4-25(30-17-21)33-7-5-27(29,6-8-33)20-36-14-11-32-9-12-35-13-10-32/h3-4,15,17-19H,2,5-14,20,29H2,1H3. The van der Waals surface area contributed by atoms with Crippen molar-refractivity contribution in [3.8, 4) is 22.9 Å². The SMILES string of the molecule is CCOc1cc(-c2ccc(N3CCC(N)(COCCN4CCOCC4)CC3)nc2)c2c(C#N)cnn2c1. The largest absolute Gasteiger partial charge is 0.492 e. The fourth-order valence-corrected chi connectivity index (χ4v) is 5.00. The van der Waals surface area contributed by atoms with E-state index in [0.717, 1.165) is 81.2 Å². The van der Waals surface area contributed by atoms with E-state index in [2.05, 4.69) is 21.0 Å². The van der Waals surface area contributed by atoms with Gasteiger partial charge in [0.25, 0.3) is 0 Å². The zero-order chi connectivity index (χ0) is 25.7. The van der Waals surface area contributed by atoms with Gasteiger partial charge in [-0.05, 0) is 38.0 Å². The Balaban J connectivity index is 1.20. The molecule has 0 saturated carbocycles. The third-order valence-corrected chi connectivity index (χ3v) is 7.21. The molecular formula is C27H35N7O3. The highest BCUT2D eigenvalue weighted by atomic mass is 16.5. The first-order valence-electron chi connectivity index (χ1n) is 13.0. The fraction of sp³-hybridized carbons (Fsp3) is 0.519. The van der Waals surface area contributed by atoms with Crippen molar-refractivity contribution in [2.75, 3.05) is 70.7 Å². The fourth-order valence-electron chi connectivity index (χ4n) is 5.00. The van der Waals surface area contributed by atoms with Crippen LogP contribution in [-0.4, -0.2) is 90.8 Å². The monoisotopic (exact) mass is 505 g/mol. The highest BCUT2D eigenvalue weighted by Crippen LogP contribution is 2.32. The molecule has 0 unspecified atom stereocenters. The summed E-state index contributed by atoms with van der Waals surface area (Å²) in [7, 11) is 0. The second-order valence-electron chi connectivity index (χ2n) is 9.75. The molecule has 37 heavy (non-hydrogen) atoms. The molecule has 0 spiro atoms. The number of fused-ring (bicyclic) bond motifs is 1. The summed E-state index contributed by atoms with van der Waals surface area (Å²) in [6.45, 7) is 9.93. The molecule has 3 aromatic rings. The number of nitrogens with two attached hydrogens (primary N) is 1. The number of hydrogen-bond donors (Lipinski definition) is 1. The Kier molecular flexibility index (Phi) is 7.86. The first-order valence-corrected chi connectivity index (χ1v) is 13.0. The summed E-state index contributed by atoms with van der Waals surface area (Å²) in [6, 6.07) is 8.25. The number of piperidine rings is 1. The number of aromatic nitrogens is 3. The normalized spacial score (nSPS) is 18.1. The predicted octanol–water partition coefficient (Wildman–Crippen LogP) is 2.31. The number of anilines is 1. The van der Waals surface area contributed by atoms with Crippen LogP contribution in [0.15, 0.2) is 36.8 Å². The van der Waals surface area contributed by atoms with Crippen molar-refractivity contribution in [3.05, 3.63) is 42.4 Å². The van der Waals surface area contributed by atoms with Crippen molar-refractivity contribution in [1.29, 1.82) is 5.26 Å². The number of pyridine rings is 2. The van der Waals surface area contributed by atoms with Crippen LogP contribution in [0, 0.1) is 11.3 Å². The van der Waals surface area contributed by atoms with E-state index in [0.29, 0.717) is 31.1 Å². The molecule has 10 heteroatoms. The van der Waals surface area contributed by atoms with Crippen LogP contribution in [0.25, 0.3) is 16.6 Å². The molecule has 5 heterocycles. The van der Waals surface area contributed by atoms with Crippen LogP contribution in [-0.2, 0) is 9.47 Å². The zero-order valence-electron chi connectivity index (χ0n) is 21.4. The number of morpholine rings is 1.